The second-order valence-electron chi connectivity index (χ2n) is 4.42. The molecule has 0 unspecified atom stereocenters. The zero-order valence-corrected chi connectivity index (χ0v) is 11.2. The van der Waals surface area contributed by atoms with E-state index >= 15 is 0 Å². The Balaban J connectivity index is 2.53. The molecule has 124 valence electrons. The number of halogens is 6. The summed E-state index contributed by atoms with van der Waals surface area (Å²) in [5.41, 5.74) is -1.94. The number of pyridine rings is 1. The summed E-state index contributed by atoms with van der Waals surface area (Å²) >= 11 is 0. The van der Waals surface area contributed by atoms with Crippen molar-refractivity contribution in [2.24, 2.45) is 0 Å². The van der Waals surface area contributed by atoms with Gasteiger partial charge in [0.15, 0.2) is 0 Å². The molecule has 0 bridgehead atoms. The van der Waals surface area contributed by atoms with Crippen LogP contribution in [-0.4, -0.2) is 16.5 Å². The van der Waals surface area contributed by atoms with Gasteiger partial charge in [-0.25, -0.2) is 0 Å². The minimum Gasteiger partial charge on any atom is -0.406 e. The van der Waals surface area contributed by atoms with Crippen LogP contribution in [-0.2, 0) is 12.8 Å². The Morgan fingerprint density at radius 2 is 1.74 bits per heavy atom. The lowest BCUT2D eigenvalue weighted by atomic mass is 10.0. The van der Waals surface area contributed by atoms with Gasteiger partial charge in [0.05, 0.1) is 17.9 Å². The van der Waals surface area contributed by atoms with E-state index in [0.29, 0.717) is 6.07 Å². The average Bonchev–Trinajstić information content (AvgIpc) is 2.44. The number of aromatic nitrogens is 1. The summed E-state index contributed by atoms with van der Waals surface area (Å²) in [6, 6.07) is 5.04. The largest absolute Gasteiger partial charge is 0.573 e. The molecular formula is C14H9F6NO2. The summed E-state index contributed by atoms with van der Waals surface area (Å²) in [4.78, 5) is 3.73. The lowest BCUT2D eigenvalue weighted by molar-refractivity contribution is -0.274. The van der Waals surface area contributed by atoms with Crippen LogP contribution in [0.1, 0.15) is 11.1 Å². The highest BCUT2D eigenvalue weighted by atomic mass is 19.4. The molecule has 0 aliphatic heterocycles. The quantitative estimate of drug-likeness (QED) is 0.856. The molecule has 0 aliphatic rings. The highest BCUT2D eigenvalue weighted by Crippen LogP contribution is 2.36. The van der Waals surface area contributed by atoms with Crippen LogP contribution in [0.15, 0.2) is 36.5 Å². The maximum absolute atomic E-state index is 12.9. The molecule has 1 heterocycles. The van der Waals surface area contributed by atoms with Gasteiger partial charge in [-0.15, -0.1) is 13.2 Å². The Bertz CT molecular complexity index is 696. The van der Waals surface area contributed by atoms with E-state index in [1.54, 1.807) is 0 Å². The Kier molecular flexibility index (Phi) is 4.51. The molecule has 1 aromatic carbocycles. The number of rotatable bonds is 3. The van der Waals surface area contributed by atoms with E-state index in [1.165, 1.54) is 12.1 Å². The third kappa shape index (κ3) is 4.13. The highest BCUT2D eigenvalue weighted by Gasteiger charge is 2.35. The molecule has 2 rings (SSSR count). The fourth-order valence-electron chi connectivity index (χ4n) is 2.01. The van der Waals surface area contributed by atoms with Gasteiger partial charge in [-0.05, 0) is 18.2 Å². The molecule has 1 N–H and O–H groups in total. The van der Waals surface area contributed by atoms with E-state index in [2.05, 4.69) is 9.72 Å². The van der Waals surface area contributed by atoms with Crippen molar-refractivity contribution >= 4 is 0 Å². The van der Waals surface area contributed by atoms with Gasteiger partial charge in [0.25, 0.3) is 0 Å². The van der Waals surface area contributed by atoms with Gasteiger partial charge in [-0.1, -0.05) is 12.1 Å². The summed E-state index contributed by atoms with van der Waals surface area (Å²) in [6.45, 7) is -0.970. The molecule has 0 aliphatic carbocycles. The first-order chi connectivity index (χ1) is 10.6. The van der Waals surface area contributed by atoms with E-state index in [4.69, 9.17) is 0 Å². The van der Waals surface area contributed by atoms with Crippen molar-refractivity contribution in [1.82, 2.24) is 4.98 Å². The monoisotopic (exact) mass is 337 g/mol. The molecule has 0 amide bonds. The van der Waals surface area contributed by atoms with E-state index in [0.717, 1.165) is 18.3 Å². The number of alkyl halides is 6. The zero-order valence-electron chi connectivity index (χ0n) is 11.2. The molecule has 0 radical (unpaired) electrons. The highest BCUT2D eigenvalue weighted by molar-refractivity contribution is 5.66. The molecular weight excluding hydrogens is 328 g/mol. The second kappa shape index (κ2) is 6.07. The molecule has 1 aromatic heterocycles. The van der Waals surface area contributed by atoms with Crippen LogP contribution in [0.5, 0.6) is 5.75 Å². The van der Waals surface area contributed by atoms with Gasteiger partial charge in [-0.2, -0.15) is 13.2 Å². The maximum Gasteiger partial charge on any atom is 0.573 e. The number of hydrogen-bond donors (Lipinski definition) is 1. The number of ether oxygens (including phenoxy) is 1. The predicted molar refractivity (Wildman–Crippen MR) is 67.3 cm³/mol. The third-order valence-electron chi connectivity index (χ3n) is 2.86. The zero-order chi connectivity index (χ0) is 17.3. The van der Waals surface area contributed by atoms with Crippen LogP contribution in [0.2, 0.25) is 0 Å². The van der Waals surface area contributed by atoms with Crippen LogP contribution >= 0.6 is 0 Å². The van der Waals surface area contributed by atoms with E-state index < -0.39 is 36.0 Å². The Hall–Kier alpha value is -2.29. The lowest BCUT2D eigenvalue weighted by Crippen LogP contribution is -2.17. The number of aliphatic hydroxyl groups excluding tert-OH is 1. The van der Waals surface area contributed by atoms with Gasteiger partial charge in [-0.3, -0.25) is 4.98 Å². The van der Waals surface area contributed by atoms with Crippen LogP contribution in [0.4, 0.5) is 26.3 Å². The molecule has 2 aromatic rings. The minimum atomic E-state index is -4.93. The molecule has 0 atom stereocenters. The van der Waals surface area contributed by atoms with Gasteiger partial charge < -0.3 is 9.84 Å². The number of hydrogen-bond acceptors (Lipinski definition) is 3. The average molecular weight is 337 g/mol. The number of aliphatic hydroxyl groups is 1. The third-order valence-corrected chi connectivity index (χ3v) is 2.86. The van der Waals surface area contributed by atoms with Crippen molar-refractivity contribution < 1.29 is 36.2 Å². The first-order valence-electron chi connectivity index (χ1n) is 6.14. The Labute approximate surface area is 126 Å². The SMILES string of the molecule is OCc1c(C(F)(F)F)ccnc1-c1cccc(OC(F)(F)F)c1. The van der Waals surface area contributed by atoms with Crippen LogP contribution in [0.25, 0.3) is 11.3 Å². The Morgan fingerprint density at radius 1 is 1.04 bits per heavy atom. The van der Waals surface area contributed by atoms with E-state index in [1.807, 2.05) is 0 Å². The van der Waals surface area contributed by atoms with Crippen molar-refractivity contribution in [3.63, 3.8) is 0 Å². The molecule has 0 spiro atoms. The minimum absolute atomic E-state index is 0.0399. The molecule has 0 fully saturated rings. The standard InChI is InChI=1S/C14H9F6NO2/c15-13(16,17)11-4-5-21-12(10(11)7-22)8-2-1-3-9(6-8)23-14(18,19)20/h1-6,22H,7H2. The molecule has 3 nitrogen and oxygen atoms in total. The van der Waals surface area contributed by atoms with Crippen molar-refractivity contribution in [2.45, 2.75) is 19.1 Å². The second-order valence-corrected chi connectivity index (χ2v) is 4.42. The summed E-state index contributed by atoms with van der Waals surface area (Å²) in [5, 5.41) is 9.23. The van der Waals surface area contributed by atoms with Gasteiger partial charge >= 0.3 is 12.5 Å². The summed E-state index contributed by atoms with van der Waals surface area (Å²) in [6.07, 6.45) is -8.79. The predicted octanol–water partition coefficient (Wildman–Crippen LogP) is 4.16. The molecule has 0 saturated heterocycles. The first kappa shape index (κ1) is 17.1. The molecule has 23 heavy (non-hydrogen) atoms. The van der Waals surface area contributed by atoms with Gasteiger partial charge in [0.2, 0.25) is 0 Å². The number of benzene rings is 1. The van der Waals surface area contributed by atoms with Crippen LogP contribution < -0.4 is 4.74 Å². The van der Waals surface area contributed by atoms with Gasteiger partial charge in [0, 0.05) is 17.3 Å². The first-order valence-corrected chi connectivity index (χ1v) is 6.14. The smallest absolute Gasteiger partial charge is 0.406 e. The summed E-state index contributed by atoms with van der Waals surface area (Å²) in [7, 11) is 0. The summed E-state index contributed by atoms with van der Waals surface area (Å²) < 4.78 is 79.1. The van der Waals surface area contributed by atoms with Crippen molar-refractivity contribution in [3.05, 3.63) is 47.7 Å². The lowest BCUT2D eigenvalue weighted by Gasteiger charge is -2.15. The topological polar surface area (TPSA) is 42.4 Å². The Morgan fingerprint density at radius 3 is 2.30 bits per heavy atom. The molecule has 9 heteroatoms. The summed E-state index contributed by atoms with van der Waals surface area (Å²) in [5.74, 6) is -0.599. The van der Waals surface area contributed by atoms with Crippen molar-refractivity contribution in [2.75, 3.05) is 0 Å². The van der Waals surface area contributed by atoms with Crippen molar-refractivity contribution in [1.29, 1.82) is 0 Å². The maximum atomic E-state index is 12.9. The normalized spacial score (nSPS) is 12.3. The van der Waals surface area contributed by atoms with Crippen LogP contribution in [0, 0.1) is 0 Å². The fourth-order valence-corrected chi connectivity index (χ4v) is 2.01. The molecule has 0 saturated carbocycles. The van der Waals surface area contributed by atoms with Crippen molar-refractivity contribution in [3.8, 4) is 17.0 Å². The van der Waals surface area contributed by atoms with Gasteiger partial charge in [0.1, 0.15) is 5.75 Å². The fraction of sp³-hybridized carbons (Fsp3) is 0.214. The van der Waals surface area contributed by atoms with Crippen LogP contribution in [0.3, 0.4) is 0 Å². The number of nitrogens with zero attached hydrogens (tertiary/aromatic N) is 1. The van der Waals surface area contributed by atoms with E-state index in [-0.39, 0.29) is 11.3 Å². The van der Waals surface area contributed by atoms with E-state index in [9.17, 15) is 31.4 Å².